The zero-order valence-electron chi connectivity index (χ0n) is 18.8. The number of hydrogen-bond donors (Lipinski definition) is 3. The first-order valence-electron chi connectivity index (χ1n) is 12.2. The number of aliphatic hydroxyl groups is 2. The Labute approximate surface area is 176 Å². The smallest absolute Gasteiger partial charge is 0.303 e. The molecule has 0 bridgehead atoms. The molecule has 0 spiro atoms. The fourth-order valence-electron chi connectivity index (χ4n) is 9.18. The highest BCUT2D eigenvalue weighted by Gasteiger charge is 2.64. The van der Waals surface area contributed by atoms with Crippen molar-refractivity contribution in [3.8, 4) is 0 Å². The highest BCUT2D eigenvalue weighted by Crippen LogP contribution is 2.69. The molecule has 4 heteroatoms. The fraction of sp³-hybridized carbons (Fsp3) is 0.960. The first-order chi connectivity index (χ1) is 13.6. The standard InChI is InChI=1S/C25H42O4/c1-14(5-8-21(27)28)17-6-7-18-22-19(10-12-24(17,18)3)25(4)11-9-16(26)13-20(25)15(2)23(22)29/h14-20,22-23,26,29H,5-13H2,1-4H3,(H,27,28)/t14-,15-,16-,17-,18?,19?,20?,22?,23-,24-,25-/m1/s1. The zero-order chi connectivity index (χ0) is 21.1. The quantitative estimate of drug-likeness (QED) is 0.631. The maximum atomic E-state index is 11.5. The molecule has 0 saturated heterocycles. The summed E-state index contributed by atoms with van der Waals surface area (Å²) in [6.45, 7) is 9.41. The normalized spacial score (nSPS) is 52.9. The molecule has 0 aliphatic heterocycles. The van der Waals surface area contributed by atoms with Crippen LogP contribution in [0.2, 0.25) is 0 Å². The van der Waals surface area contributed by atoms with E-state index in [0.29, 0.717) is 35.5 Å². The SMILES string of the molecule is C[C@H](CCC(=O)O)[C@H]1CCC2C3C(CC[C@@]21C)[C@@]1(C)CC[C@@H](O)CC1[C@@H](C)[C@H]3O. The van der Waals surface area contributed by atoms with Crippen LogP contribution in [0, 0.1) is 52.3 Å². The fourth-order valence-corrected chi connectivity index (χ4v) is 9.18. The van der Waals surface area contributed by atoms with E-state index in [1.165, 1.54) is 25.7 Å². The first-order valence-corrected chi connectivity index (χ1v) is 12.2. The van der Waals surface area contributed by atoms with Gasteiger partial charge in [0, 0.05) is 6.42 Å². The number of carboxylic acids is 1. The van der Waals surface area contributed by atoms with E-state index in [1.807, 2.05) is 0 Å². The van der Waals surface area contributed by atoms with Crippen molar-refractivity contribution in [3.63, 3.8) is 0 Å². The van der Waals surface area contributed by atoms with E-state index in [9.17, 15) is 15.0 Å². The number of rotatable bonds is 4. The Bertz CT molecular complexity index is 634. The Kier molecular flexibility index (Phi) is 5.60. The van der Waals surface area contributed by atoms with Crippen LogP contribution in [0.4, 0.5) is 0 Å². The summed E-state index contributed by atoms with van der Waals surface area (Å²) in [5.74, 6) is 2.50. The second kappa shape index (κ2) is 7.51. The maximum Gasteiger partial charge on any atom is 0.303 e. The van der Waals surface area contributed by atoms with Crippen LogP contribution >= 0.6 is 0 Å². The first kappa shape index (κ1) is 21.6. The van der Waals surface area contributed by atoms with Gasteiger partial charge in [0.2, 0.25) is 0 Å². The summed E-state index contributed by atoms with van der Waals surface area (Å²) in [4.78, 5) is 11.1. The molecule has 4 saturated carbocycles. The van der Waals surface area contributed by atoms with Crippen molar-refractivity contribution in [1.82, 2.24) is 0 Å². The predicted octanol–water partition coefficient (Wildman–Crippen LogP) is 4.72. The minimum absolute atomic E-state index is 0.195. The van der Waals surface area contributed by atoms with Gasteiger partial charge in [-0.3, -0.25) is 4.79 Å². The van der Waals surface area contributed by atoms with Crippen LogP contribution in [0.3, 0.4) is 0 Å². The van der Waals surface area contributed by atoms with Crippen LogP contribution in [0.5, 0.6) is 0 Å². The third-order valence-corrected chi connectivity index (χ3v) is 10.7. The Balaban J connectivity index is 1.59. The molecule has 0 aromatic heterocycles. The highest BCUT2D eigenvalue weighted by molar-refractivity contribution is 5.66. The van der Waals surface area contributed by atoms with Crippen molar-refractivity contribution >= 4 is 5.97 Å². The van der Waals surface area contributed by atoms with Gasteiger partial charge in [0.25, 0.3) is 0 Å². The molecule has 4 aliphatic rings. The molecule has 4 fully saturated rings. The lowest BCUT2D eigenvalue weighted by atomic mass is 9.42. The average Bonchev–Trinajstić information content (AvgIpc) is 3.02. The molecule has 11 atom stereocenters. The zero-order valence-corrected chi connectivity index (χ0v) is 18.8. The van der Waals surface area contributed by atoms with E-state index in [0.717, 1.165) is 25.7 Å². The van der Waals surface area contributed by atoms with Crippen LogP contribution in [-0.4, -0.2) is 33.5 Å². The largest absolute Gasteiger partial charge is 0.481 e. The number of hydrogen-bond acceptors (Lipinski definition) is 3. The molecule has 4 aliphatic carbocycles. The number of carboxylic acid groups (broad SMARTS) is 1. The van der Waals surface area contributed by atoms with E-state index in [4.69, 9.17) is 5.11 Å². The molecule has 166 valence electrons. The number of fused-ring (bicyclic) bond motifs is 5. The lowest BCUT2D eigenvalue weighted by molar-refractivity contribution is -0.199. The van der Waals surface area contributed by atoms with E-state index in [1.54, 1.807) is 0 Å². The van der Waals surface area contributed by atoms with Crippen molar-refractivity contribution in [2.45, 2.75) is 97.7 Å². The lowest BCUT2D eigenvalue weighted by Gasteiger charge is -2.64. The van der Waals surface area contributed by atoms with E-state index in [-0.39, 0.29) is 35.4 Å². The molecule has 0 aromatic rings. The van der Waals surface area contributed by atoms with E-state index in [2.05, 4.69) is 27.7 Å². The van der Waals surface area contributed by atoms with Gasteiger partial charge in [-0.05, 0) is 104 Å². The number of carbonyl (C=O) groups is 1. The third kappa shape index (κ3) is 3.28. The minimum atomic E-state index is -0.685. The molecule has 0 amide bonds. The van der Waals surface area contributed by atoms with E-state index < -0.39 is 5.97 Å². The van der Waals surface area contributed by atoms with Gasteiger partial charge in [0.15, 0.2) is 0 Å². The van der Waals surface area contributed by atoms with Gasteiger partial charge in [-0.25, -0.2) is 0 Å². The van der Waals surface area contributed by atoms with Gasteiger partial charge in [-0.2, -0.15) is 0 Å². The van der Waals surface area contributed by atoms with Crippen molar-refractivity contribution in [2.75, 3.05) is 0 Å². The van der Waals surface area contributed by atoms with Crippen molar-refractivity contribution < 1.29 is 20.1 Å². The topological polar surface area (TPSA) is 77.8 Å². The van der Waals surface area contributed by atoms with Crippen molar-refractivity contribution in [1.29, 1.82) is 0 Å². The summed E-state index contributed by atoms with van der Waals surface area (Å²) in [5.41, 5.74) is 0.480. The van der Waals surface area contributed by atoms with Crippen LogP contribution in [0.15, 0.2) is 0 Å². The van der Waals surface area contributed by atoms with Gasteiger partial charge in [-0.15, -0.1) is 0 Å². The predicted molar refractivity (Wildman–Crippen MR) is 113 cm³/mol. The monoisotopic (exact) mass is 406 g/mol. The highest BCUT2D eigenvalue weighted by atomic mass is 16.4. The Morgan fingerprint density at radius 3 is 2.34 bits per heavy atom. The second-order valence-corrected chi connectivity index (χ2v) is 11.8. The van der Waals surface area contributed by atoms with Gasteiger partial charge < -0.3 is 15.3 Å². The van der Waals surface area contributed by atoms with Crippen LogP contribution in [0.1, 0.15) is 85.5 Å². The summed E-state index contributed by atoms with van der Waals surface area (Å²) < 4.78 is 0. The molecule has 0 aromatic carbocycles. The van der Waals surface area contributed by atoms with E-state index >= 15 is 0 Å². The molecule has 0 heterocycles. The molecule has 29 heavy (non-hydrogen) atoms. The van der Waals surface area contributed by atoms with Crippen molar-refractivity contribution in [3.05, 3.63) is 0 Å². The van der Waals surface area contributed by atoms with Gasteiger partial charge in [0.05, 0.1) is 12.2 Å². The minimum Gasteiger partial charge on any atom is -0.481 e. The molecule has 4 rings (SSSR count). The molecular weight excluding hydrogens is 364 g/mol. The van der Waals surface area contributed by atoms with Crippen LogP contribution in [0.25, 0.3) is 0 Å². The third-order valence-electron chi connectivity index (χ3n) is 10.7. The van der Waals surface area contributed by atoms with Gasteiger partial charge in [-0.1, -0.05) is 27.7 Å². The second-order valence-electron chi connectivity index (χ2n) is 11.8. The average molecular weight is 407 g/mol. The van der Waals surface area contributed by atoms with Gasteiger partial charge in [0.1, 0.15) is 0 Å². The van der Waals surface area contributed by atoms with Crippen LogP contribution in [-0.2, 0) is 4.79 Å². The lowest BCUT2D eigenvalue weighted by Crippen LogP contribution is -2.61. The molecule has 0 radical (unpaired) electrons. The molecular formula is C25H42O4. The molecule has 3 N–H and O–H groups in total. The molecule has 4 nitrogen and oxygen atoms in total. The van der Waals surface area contributed by atoms with Crippen molar-refractivity contribution in [2.24, 2.45) is 52.3 Å². The number of aliphatic hydroxyl groups excluding tert-OH is 2. The summed E-state index contributed by atoms with van der Waals surface area (Å²) in [6, 6.07) is 0. The summed E-state index contributed by atoms with van der Waals surface area (Å²) in [7, 11) is 0. The Morgan fingerprint density at radius 1 is 1.00 bits per heavy atom. The Hall–Kier alpha value is -0.610. The Morgan fingerprint density at radius 2 is 1.66 bits per heavy atom. The van der Waals surface area contributed by atoms with Crippen LogP contribution < -0.4 is 0 Å². The van der Waals surface area contributed by atoms with Gasteiger partial charge >= 0.3 is 5.97 Å². The summed E-state index contributed by atoms with van der Waals surface area (Å²) in [5, 5.41) is 31.0. The summed E-state index contributed by atoms with van der Waals surface area (Å²) in [6.07, 6.45) is 8.22. The number of aliphatic carboxylic acids is 1. The maximum absolute atomic E-state index is 11.5. The molecule has 4 unspecified atom stereocenters. The summed E-state index contributed by atoms with van der Waals surface area (Å²) >= 11 is 0.